The van der Waals surface area contributed by atoms with E-state index in [1.807, 2.05) is 27.9 Å². The van der Waals surface area contributed by atoms with E-state index < -0.39 is 40.9 Å². The van der Waals surface area contributed by atoms with Gasteiger partial charge in [0.15, 0.2) is 0 Å². The van der Waals surface area contributed by atoms with Gasteiger partial charge < -0.3 is 25.0 Å². The lowest BCUT2D eigenvalue weighted by Crippen LogP contribution is -2.59. The minimum absolute atomic E-state index is 0.0522. The molecule has 0 unspecified atom stereocenters. The molecule has 6 heterocycles. The maximum atomic E-state index is 15.3. The van der Waals surface area contributed by atoms with E-state index in [1.54, 1.807) is 39.2 Å². The summed E-state index contributed by atoms with van der Waals surface area (Å²) in [6.45, 7) is 8.96. The molecule has 3 aliphatic heterocycles. The van der Waals surface area contributed by atoms with Gasteiger partial charge in [0.25, 0.3) is 5.91 Å². The summed E-state index contributed by atoms with van der Waals surface area (Å²) in [7, 11) is 1.75. The summed E-state index contributed by atoms with van der Waals surface area (Å²) in [5.41, 5.74) is 2.02. The Morgan fingerprint density at radius 1 is 1.00 bits per heavy atom. The van der Waals surface area contributed by atoms with Crippen LogP contribution in [0.1, 0.15) is 97.9 Å². The highest BCUT2D eigenvalue weighted by molar-refractivity contribution is 6.05. The first-order valence-corrected chi connectivity index (χ1v) is 22.3. The molecular weight excluding hydrogens is 823 g/mol. The van der Waals surface area contributed by atoms with Crippen molar-refractivity contribution < 1.29 is 33.0 Å². The Kier molecular flexibility index (Phi) is 12.0. The minimum Gasteiger partial charge on any atom is -0.386 e. The molecule has 1 saturated carbocycles. The molecule has 17 heteroatoms. The van der Waals surface area contributed by atoms with Crippen LogP contribution in [0.5, 0.6) is 0 Å². The number of hydrogen-bond donors (Lipinski definition) is 3. The molecule has 9 rings (SSSR count). The van der Waals surface area contributed by atoms with Crippen LogP contribution in [0.15, 0.2) is 54.9 Å². The van der Waals surface area contributed by atoms with Crippen LogP contribution in [0.25, 0.3) is 16.4 Å². The average molecular weight is 877 g/mol. The molecule has 15 nitrogen and oxygen atoms in total. The number of carbonyl (C=O) groups excluding carboxylic acids is 3. The number of piperidine rings is 1. The van der Waals surface area contributed by atoms with Crippen LogP contribution >= 0.6 is 0 Å². The Hall–Kier alpha value is -5.80. The van der Waals surface area contributed by atoms with E-state index in [1.165, 1.54) is 22.8 Å². The first-order valence-electron chi connectivity index (χ1n) is 22.3. The number of nitrogens with zero attached hydrogens (tertiary/aromatic N) is 8. The van der Waals surface area contributed by atoms with Crippen molar-refractivity contribution in [2.45, 2.75) is 88.4 Å². The molecule has 0 bridgehead atoms. The molecule has 336 valence electrons. The molecule has 3 amide bonds. The Morgan fingerprint density at radius 3 is 2.48 bits per heavy atom. The SMILES string of the molecule is COC[C@@H]1CN(C[C@@H]2CCN(c3cc(F)c([C@H]4CCC(=O)NC4=O)c(F)c3)C2)CCN1C1CCC(n2cc3cc(NC(=O)c4ccc5cc(C#N)cnn45)c(C(C)(C)O)cc3n2)CC1. The Balaban J connectivity index is 0.809. The monoisotopic (exact) mass is 876 g/mol. The van der Waals surface area contributed by atoms with Crippen molar-refractivity contribution in [3.63, 3.8) is 0 Å². The van der Waals surface area contributed by atoms with Crippen molar-refractivity contribution in [2.24, 2.45) is 5.92 Å². The number of carbonyl (C=O) groups is 3. The molecule has 4 aliphatic rings. The molecule has 0 radical (unpaired) electrons. The highest BCUT2D eigenvalue weighted by Crippen LogP contribution is 2.38. The lowest BCUT2D eigenvalue weighted by atomic mass is 9.89. The van der Waals surface area contributed by atoms with E-state index in [-0.39, 0.29) is 30.5 Å². The van der Waals surface area contributed by atoms with Crippen molar-refractivity contribution in [1.29, 1.82) is 5.26 Å². The van der Waals surface area contributed by atoms with Gasteiger partial charge in [-0.2, -0.15) is 15.5 Å². The van der Waals surface area contributed by atoms with Gasteiger partial charge in [-0.15, -0.1) is 0 Å². The van der Waals surface area contributed by atoms with E-state index >= 15 is 8.78 Å². The van der Waals surface area contributed by atoms with Gasteiger partial charge in [-0.25, -0.2) is 13.3 Å². The zero-order valence-electron chi connectivity index (χ0n) is 36.4. The molecule has 4 fully saturated rings. The van der Waals surface area contributed by atoms with Crippen LogP contribution in [0.4, 0.5) is 20.2 Å². The molecule has 1 aliphatic carbocycles. The fraction of sp³-hybridized carbons (Fsp3) is 0.489. The van der Waals surface area contributed by atoms with E-state index in [9.17, 15) is 24.8 Å². The third kappa shape index (κ3) is 8.71. The lowest BCUT2D eigenvalue weighted by Gasteiger charge is -2.47. The first-order chi connectivity index (χ1) is 30.8. The van der Waals surface area contributed by atoms with Gasteiger partial charge in [-0.3, -0.25) is 29.3 Å². The number of rotatable bonds is 11. The second-order valence-corrected chi connectivity index (χ2v) is 18.5. The molecule has 0 spiro atoms. The third-order valence-electron chi connectivity index (χ3n) is 13.7. The topological polar surface area (TPSA) is 173 Å². The normalized spacial score (nSPS) is 23.8. The van der Waals surface area contributed by atoms with E-state index in [4.69, 9.17) is 9.84 Å². The number of methoxy groups -OCH3 is 1. The number of aromatic nitrogens is 4. The first kappa shape index (κ1) is 43.5. The molecule has 3 aromatic heterocycles. The van der Waals surface area contributed by atoms with Crippen molar-refractivity contribution >= 4 is 45.5 Å². The standard InChI is InChI=1S/C47H54F2N10O5/c1-47(2,63)37-20-40-30(17-41(37)52-46(62)42-10-8-33-16-29(21-50)22-51-59(33)42)25-58(54-40)32-6-4-31(5-7-32)57-15-14-55(26-35(57)27-64-3)23-28-12-13-56(24-28)34-18-38(48)44(39(49)19-34)36-9-11-43(60)53-45(36)61/h8,10,16-20,22,25,28,31-32,35-36,63H,4-7,9,11-15,23-24,26-27H2,1-3H3,(H,52,62)(H,53,60,61)/t28-,31?,32?,35-,36+/m0/s1. The second-order valence-electron chi connectivity index (χ2n) is 18.5. The quantitative estimate of drug-likeness (QED) is 0.144. The summed E-state index contributed by atoms with van der Waals surface area (Å²) >= 11 is 0. The maximum Gasteiger partial charge on any atom is 0.274 e. The summed E-state index contributed by atoms with van der Waals surface area (Å²) in [4.78, 5) is 44.7. The zero-order valence-corrected chi connectivity index (χ0v) is 36.4. The third-order valence-corrected chi connectivity index (χ3v) is 13.7. The van der Waals surface area contributed by atoms with Crippen molar-refractivity contribution in [3.05, 3.63) is 88.9 Å². The summed E-state index contributed by atoms with van der Waals surface area (Å²) < 4.78 is 40.0. The predicted octanol–water partition coefficient (Wildman–Crippen LogP) is 5.48. The van der Waals surface area contributed by atoms with Gasteiger partial charge >= 0.3 is 0 Å². The largest absolute Gasteiger partial charge is 0.386 e. The fourth-order valence-corrected chi connectivity index (χ4v) is 10.5. The van der Waals surface area contributed by atoms with Gasteiger partial charge in [0.2, 0.25) is 11.8 Å². The summed E-state index contributed by atoms with van der Waals surface area (Å²) in [5.74, 6) is -3.67. The molecule has 64 heavy (non-hydrogen) atoms. The number of nitrogens with one attached hydrogen (secondary N) is 2. The maximum absolute atomic E-state index is 15.3. The van der Waals surface area contributed by atoms with Crippen LogP contribution in [-0.2, 0) is 19.9 Å². The van der Waals surface area contributed by atoms with Crippen LogP contribution in [0.2, 0.25) is 0 Å². The molecule has 3 N–H and O–H groups in total. The number of benzene rings is 2. The van der Waals surface area contributed by atoms with E-state index in [0.29, 0.717) is 65.4 Å². The van der Waals surface area contributed by atoms with Gasteiger partial charge in [0, 0.05) is 99.0 Å². The molecule has 5 aromatic rings. The highest BCUT2D eigenvalue weighted by Gasteiger charge is 2.37. The van der Waals surface area contributed by atoms with Crippen LogP contribution in [-0.4, -0.2) is 117 Å². The average Bonchev–Trinajstić information content (AvgIpc) is 4.02. The lowest BCUT2D eigenvalue weighted by molar-refractivity contribution is -0.134. The number of ether oxygens (including phenoxy) is 1. The Bertz CT molecular complexity index is 2620. The van der Waals surface area contributed by atoms with Gasteiger partial charge in [-0.05, 0) is 101 Å². The minimum atomic E-state index is -1.27. The van der Waals surface area contributed by atoms with Crippen molar-refractivity contribution in [1.82, 2.24) is 34.5 Å². The zero-order chi connectivity index (χ0) is 44.9. The van der Waals surface area contributed by atoms with Crippen LogP contribution in [0, 0.1) is 28.9 Å². The number of anilines is 2. The smallest absolute Gasteiger partial charge is 0.274 e. The summed E-state index contributed by atoms with van der Waals surface area (Å²) in [6, 6.07) is 14.3. The molecule has 3 atom stereocenters. The second kappa shape index (κ2) is 17.6. The fourth-order valence-electron chi connectivity index (χ4n) is 10.5. The Morgan fingerprint density at radius 2 is 1.77 bits per heavy atom. The number of hydrogen-bond acceptors (Lipinski definition) is 11. The summed E-state index contributed by atoms with van der Waals surface area (Å²) in [6.07, 6.45) is 8.43. The number of piperazine rings is 1. The van der Waals surface area contributed by atoms with Crippen LogP contribution < -0.4 is 15.5 Å². The van der Waals surface area contributed by atoms with Crippen molar-refractivity contribution in [2.75, 3.05) is 63.2 Å². The highest BCUT2D eigenvalue weighted by atomic mass is 19.1. The van der Waals surface area contributed by atoms with Gasteiger partial charge in [0.1, 0.15) is 23.4 Å². The molecular formula is C47H54F2N10O5. The van der Waals surface area contributed by atoms with E-state index in [0.717, 1.165) is 69.2 Å². The summed E-state index contributed by atoms with van der Waals surface area (Å²) in [5, 5.41) is 35.8. The van der Waals surface area contributed by atoms with Crippen LogP contribution in [0.3, 0.4) is 0 Å². The molecule has 2 aromatic carbocycles. The van der Waals surface area contributed by atoms with Crippen molar-refractivity contribution in [3.8, 4) is 6.07 Å². The Labute approximate surface area is 369 Å². The molecule has 3 saturated heterocycles. The number of fused-ring (bicyclic) bond motifs is 2. The predicted molar refractivity (Wildman–Crippen MR) is 235 cm³/mol. The number of halogens is 2. The number of imide groups is 1. The van der Waals surface area contributed by atoms with Gasteiger partial charge in [0.05, 0.1) is 47.0 Å². The number of nitriles is 1. The number of amides is 3. The van der Waals surface area contributed by atoms with Gasteiger partial charge in [-0.1, -0.05) is 0 Å². The van der Waals surface area contributed by atoms with E-state index in [2.05, 4.69) is 31.6 Å². The number of aliphatic hydroxyl groups is 1.